The minimum Gasteiger partial charge on any atom is -0.387 e. The lowest BCUT2D eigenvalue weighted by atomic mass is 9.99. The van der Waals surface area contributed by atoms with Crippen LogP contribution in [0.1, 0.15) is 11.1 Å². The SMILES string of the molecule is CO[C@@H]1O[C@H](COCc2ccccc2)[C@@H](O)[C@H](O)[C@H]1OCc1ccccc1. The smallest absolute Gasteiger partial charge is 0.186 e. The first-order valence-corrected chi connectivity index (χ1v) is 9.00. The fourth-order valence-electron chi connectivity index (χ4n) is 3.04. The number of hydrogen-bond acceptors (Lipinski definition) is 6. The minimum atomic E-state index is -1.14. The molecule has 146 valence electrons. The molecular weight excluding hydrogens is 348 g/mol. The zero-order valence-corrected chi connectivity index (χ0v) is 15.3. The highest BCUT2D eigenvalue weighted by Gasteiger charge is 2.45. The molecule has 2 aromatic carbocycles. The van der Waals surface area contributed by atoms with Gasteiger partial charge in [0.25, 0.3) is 0 Å². The summed E-state index contributed by atoms with van der Waals surface area (Å²) < 4.78 is 22.5. The van der Waals surface area contributed by atoms with Crippen molar-refractivity contribution < 1.29 is 29.2 Å². The summed E-state index contributed by atoms with van der Waals surface area (Å²) in [7, 11) is 1.48. The third kappa shape index (κ3) is 5.35. The van der Waals surface area contributed by atoms with E-state index in [-0.39, 0.29) is 13.2 Å². The van der Waals surface area contributed by atoms with Gasteiger partial charge in [-0.3, -0.25) is 0 Å². The van der Waals surface area contributed by atoms with Crippen molar-refractivity contribution >= 4 is 0 Å². The molecule has 6 nitrogen and oxygen atoms in total. The lowest BCUT2D eigenvalue weighted by Gasteiger charge is -2.41. The van der Waals surface area contributed by atoms with Gasteiger partial charge < -0.3 is 29.2 Å². The van der Waals surface area contributed by atoms with E-state index in [0.29, 0.717) is 6.61 Å². The molecular formula is C21H26O6. The van der Waals surface area contributed by atoms with E-state index < -0.39 is 30.7 Å². The van der Waals surface area contributed by atoms with Crippen molar-refractivity contribution in [3.8, 4) is 0 Å². The molecule has 1 aliphatic heterocycles. The summed E-state index contributed by atoms with van der Waals surface area (Å²) >= 11 is 0. The Balaban J connectivity index is 1.54. The summed E-state index contributed by atoms with van der Waals surface area (Å²) in [5, 5.41) is 20.9. The molecule has 27 heavy (non-hydrogen) atoms. The van der Waals surface area contributed by atoms with E-state index in [9.17, 15) is 10.2 Å². The second-order valence-corrected chi connectivity index (χ2v) is 6.52. The molecule has 1 aliphatic rings. The van der Waals surface area contributed by atoms with Crippen LogP contribution in [0, 0.1) is 0 Å². The number of aliphatic hydroxyl groups excluding tert-OH is 2. The largest absolute Gasteiger partial charge is 0.387 e. The monoisotopic (exact) mass is 374 g/mol. The van der Waals surface area contributed by atoms with Gasteiger partial charge in [0.05, 0.1) is 19.8 Å². The Morgan fingerprint density at radius 3 is 2.04 bits per heavy atom. The maximum Gasteiger partial charge on any atom is 0.186 e. The van der Waals surface area contributed by atoms with Gasteiger partial charge in [-0.15, -0.1) is 0 Å². The third-order valence-electron chi connectivity index (χ3n) is 4.56. The fraction of sp³-hybridized carbons (Fsp3) is 0.429. The summed E-state index contributed by atoms with van der Waals surface area (Å²) in [5.74, 6) is 0. The second kappa shape index (κ2) is 9.94. The maximum absolute atomic E-state index is 10.5. The standard InChI is InChI=1S/C21H26O6/c1-24-21-20(26-13-16-10-6-3-7-11-16)19(23)18(22)17(27-21)14-25-12-15-8-4-2-5-9-15/h2-11,17-23H,12-14H2,1H3/t17-,18-,19+,20-,21-/m1/s1. The molecule has 0 spiro atoms. The number of aliphatic hydroxyl groups is 2. The number of methoxy groups -OCH3 is 1. The van der Waals surface area contributed by atoms with E-state index in [1.807, 2.05) is 60.7 Å². The molecule has 1 heterocycles. The van der Waals surface area contributed by atoms with E-state index >= 15 is 0 Å². The van der Waals surface area contributed by atoms with Crippen LogP contribution < -0.4 is 0 Å². The zero-order valence-electron chi connectivity index (χ0n) is 15.3. The summed E-state index contributed by atoms with van der Waals surface area (Å²) in [6, 6.07) is 19.3. The molecule has 5 atom stereocenters. The number of hydrogen-bond donors (Lipinski definition) is 2. The predicted molar refractivity (Wildman–Crippen MR) is 98.8 cm³/mol. The Morgan fingerprint density at radius 2 is 1.44 bits per heavy atom. The molecule has 2 N–H and O–H groups in total. The Labute approximate surface area is 159 Å². The maximum atomic E-state index is 10.5. The normalized spacial score (nSPS) is 28.2. The molecule has 1 saturated heterocycles. The molecule has 6 heteroatoms. The van der Waals surface area contributed by atoms with E-state index in [0.717, 1.165) is 11.1 Å². The Morgan fingerprint density at radius 1 is 0.852 bits per heavy atom. The third-order valence-corrected chi connectivity index (χ3v) is 4.56. The quantitative estimate of drug-likeness (QED) is 0.735. The molecule has 1 fully saturated rings. The van der Waals surface area contributed by atoms with Gasteiger partial charge in [-0.1, -0.05) is 60.7 Å². The Bertz CT molecular complexity index is 661. The van der Waals surface area contributed by atoms with Gasteiger partial charge in [-0.05, 0) is 11.1 Å². The van der Waals surface area contributed by atoms with Gasteiger partial charge >= 0.3 is 0 Å². The Hall–Kier alpha value is -1.80. The van der Waals surface area contributed by atoms with Gasteiger partial charge in [0.15, 0.2) is 6.29 Å². The molecule has 0 bridgehead atoms. The van der Waals surface area contributed by atoms with Crippen LogP contribution in [0.5, 0.6) is 0 Å². The highest BCUT2D eigenvalue weighted by molar-refractivity contribution is 5.14. The molecule has 0 aliphatic carbocycles. The van der Waals surface area contributed by atoms with Crippen LogP contribution in [0.2, 0.25) is 0 Å². The molecule has 3 rings (SSSR count). The van der Waals surface area contributed by atoms with E-state index in [4.69, 9.17) is 18.9 Å². The van der Waals surface area contributed by atoms with Crippen LogP contribution in [0.4, 0.5) is 0 Å². The van der Waals surface area contributed by atoms with Crippen molar-refractivity contribution in [2.45, 2.75) is 43.9 Å². The average molecular weight is 374 g/mol. The van der Waals surface area contributed by atoms with E-state index in [1.165, 1.54) is 7.11 Å². The van der Waals surface area contributed by atoms with E-state index in [1.54, 1.807) is 0 Å². The van der Waals surface area contributed by atoms with Crippen molar-refractivity contribution in [3.63, 3.8) is 0 Å². The van der Waals surface area contributed by atoms with Crippen molar-refractivity contribution in [2.24, 2.45) is 0 Å². The van der Waals surface area contributed by atoms with Crippen molar-refractivity contribution in [1.82, 2.24) is 0 Å². The predicted octanol–water partition coefficient (Wildman–Crippen LogP) is 1.88. The van der Waals surface area contributed by atoms with Gasteiger partial charge in [-0.2, -0.15) is 0 Å². The minimum absolute atomic E-state index is 0.137. The first-order chi connectivity index (χ1) is 13.2. The summed E-state index contributed by atoms with van der Waals surface area (Å²) in [4.78, 5) is 0. The number of ether oxygens (including phenoxy) is 4. The van der Waals surface area contributed by atoms with Gasteiger partial charge in [0, 0.05) is 7.11 Å². The first-order valence-electron chi connectivity index (χ1n) is 9.00. The van der Waals surface area contributed by atoms with Crippen LogP contribution in [-0.2, 0) is 32.2 Å². The van der Waals surface area contributed by atoms with Gasteiger partial charge in [0.1, 0.15) is 24.4 Å². The van der Waals surface area contributed by atoms with E-state index in [2.05, 4.69) is 0 Å². The van der Waals surface area contributed by atoms with Gasteiger partial charge in [0.2, 0.25) is 0 Å². The van der Waals surface area contributed by atoms with Crippen molar-refractivity contribution in [3.05, 3.63) is 71.8 Å². The highest BCUT2D eigenvalue weighted by Crippen LogP contribution is 2.25. The molecule has 0 radical (unpaired) electrons. The molecule has 0 saturated carbocycles. The van der Waals surface area contributed by atoms with Gasteiger partial charge in [-0.25, -0.2) is 0 Å². The van der Waals surface area contributed by atoms with Crippen molar-refractivity contribution in [1.29, 1.82) is 0 Å². The second-order valence-electron chi connectivity index (χ2n) is 6.52. The fourth-order valence-corrected chi connectivity index (χ4v) is 3.04. The van der Waals surface area contributed by atoms with Crippen LogP contribution in [-0.4, -0.2) is 54.6 Å². The van der Waals surface area contributed by atoms with Crippen LogP contribution >= 0.6 is 0 Å². The average Bonchev–Trinajstić information content (AvgIpc) is 2.72. The summed E-state index contributed by atoms with van der Waals surface area (Å²) in [5.41, 5.74) is 1.98. The number of benzene rings is 2. The van der Waals surface area contributed by atoms with Crippen molar-refractivity contribution in [2.75, 3.05) is 13.7 Å². The Kier molecular flexibility index (Phi) is 7.34. The number of rotatable bonds is 8. The summed E-state index contributed by atoms with van der Waals surface area (Å²) in [6.45, 7) is 0.821. The lowest BCUT2D eigenvalue weighted by Crippen LogP contribution is -2.59. The zero-order chi connectivity index (χ0) is 19.1. The first kappa shape index (κ1) is 19.9. The van der Waals surface area contributed by atoms with Crippen LogP contribution in [0.25, 0.3) is 0 Å². The van der Waals surface area contributed by atoms with Crippen LogP contribution in [0.15, 0.2) is 60.7 Å². The summed E-state index contributed by atoms with van der Waals surface area (Å²) in [6.07, 6.45) is -4.57. The molecule has 0 unspecified atom stereocenters. The van der Waals surface area contributed by atoms with Crippen LogP contribution in [0.3, 0.4) is 0 Å². The highest BCUT2D eigenvalue weighted by atomic mass is 16.7. The topological polar surface area (TPSA) is 77.4 Å². The molecule has 0 aromatic heterocycles. The molecule has 2 aromatic rings. The lowest BCUT2D eigenvalue weighted by molar-refractivity contribution is -0.307. The molecule has 0 amide bonds.